The summed E-state index contributed by atoms with van der Waals surface area (Å²) in [6.07, 6.45) is 0.912. The van der Waals surface area contributed by atoms with Crippen LogP contribution in [-0.4, -0.2) is 71.9 Å². The van der Waals surface area contributed by atoms with Gasteiger partial charge in [0.15, 0.2) is 5.96 Å². The third-order valence-electron chi connectivity index (χ3n) is 9.18. The first-order valence-electron chi connectivity index (χ1n) is 17.8. The Balaban J connectivity index is 1.60. The molecular weight excluding hydrogens is 705 g/mol. The van der Waals surface area contributed by atoms with Crippen LogP contribution in [0.5, 0.6) is 5.75 Å². The van der Waals surface area contributed by atoms with E-state index in [0.29, 0.717) is 12.0 Å². The first-order valence-corrected chi connectivity index (χ1v) is 20.2. The molecule has 0 aliphatic heterocycles. The smallest absolute Gasteiger partial charge is 0.243 e. The van der Waals surface area contributed by atoms with Crippen molar-refractivity contribution in [1.29, 1.82) is 0 Å². The monoisotopic (exact) mass is 755 g/mol. The van der Waals surface area contributed by atoms with E-state index >= 15 is 0 Å². The van der Waals surface area contributed by atoms with Crippen molar-refractivity contribution in [2.75, 3.05) is 19.4 Å². The quantitative estimate of drug-likeness (QED) is 0.0324. The summed E-state index contributed by atoms with van der Waals surface area (Å²) in [6.45, 7) is 3.07. The van der Waals surface area contributed by atoms with E-state index < -0.39 is 54.6 Å². The summed E-state index contributed by atoms with van der Waals surface area (Å²) in [4.78, 5) is 56.8. The molecule has 4 aromatic carbocycles. The number of carbonyl (C=O) groups excluding carboxylic acids is 4. The molecule has 1 unspecified atom stereocenters. The van der Waals surface area contributed by atoms with Crippen LogP contribution in [0, 0.1) is 5.92 Å². The SMILES string of the molecule is CC(=O)N[C@@H](Cc1ccc(O)cc1)C(=O)N[C@H](Cc1ccccc1)P(C)(=O)C[C@@H](CCCN=C(N)N)C(=O)N[C@@H](Cc1ccc2ccccc2c1)C(N)=O. The molecule has 0 bridgehead atoms. The average Bonchev–Trinajstić information content (AvgIpc) is 3.12. The second-order valence-corrected chi connectivity index (χ2v) is 17.0. The van der Waals surface area contributed by atoms with Crippen LogP contribution >= 0.6 is 7.14 Å². The van der Waals surface area contributed by atoms with Gasteiger partial charge in [0.2, 0.25) is 23.6 Å². The van der Waals surface area contributed by atoms with Gasteiger partial charge in [-0.05, 0) is 65.5 Å². The van der Waals surface area contributed by atoms with E-state index in [1.165, 1.54) is 19.1 Å². The number of phenols is 1. The van der Waals surface area contributed by atoms with Gasteiger partial charge in [-0.15, -0.1) is 0 Å². The number of hydrogen-bond donors (Lipinski definition) is 7. The number of phenolic OH excluding ortho intramolecular Hbond substituents is 1. The number of benzene rings is 4. The summed E-state index contributed by atoms with van der Waals surface area (Å²) in [5, 5.41) is 20.2. The molecule has 0 radical (unpaired) electrons. The van der Waals surface area contributed by atoms with Gasteiger partial charge in [0.05, 0.1) is 5.78 Å². The van der Waals surface area contributed by atoms with Crippen molar-refractivity contribution in [2.24, 2.45) is 28.1 Å². The molecule has 0 saturated heterocycles. The van der Waals surface area contributed by atoms with Crippen LogP contribution in [0.25, 0.3) is 10.8 Å². The van der Waals surface area contributed by atoms with E-state index in [2.05, 4.69) is 20.9 Å². The summed E-state index contributed by atoms with van der Waals surface area (Å²) in [5.74, 6) is -4.07. The van der Waals surface area contributed by atoms with Crippen molar-refractivity contribution in [3.8, 4) is 5.75 Å². The van der Waals surface area contributed by atoms with Crippen molar-refractivity contribution >= 4 is 47.5 Å². The lowest BCUT2D eigenvalue weighted by atomic mass is 9.99. The molecular formula is C40H50N7O6P. The van der Waals surface area contributed by atoms with Crippen molar-refractivity contribution in [1.82, 2.24) is 16.0 Å². The van der Waals surface area contributed by atoms with Gasteiger partial charge in [0, 0.05) is 38.4 Å². The van der Waals surface area contributed by atoms with Gasteiger partial charge in [-0.2, -0.15) is 0 Å². The highest BCUT2D eigenvalue weighted by Crippen LogP contribution is 2.49. The van der Waals surface area contributed by atoms with Crippen molar-refractivity contribution in [3.63, 3.8) is 0 Å². The number of rotatable bonds is 19. The maximum atomic E-state index is 14.9. The van der Waals surface area contributed by atoms with E-state index in [1.807, 2.05) is 72.8 Å². The molecule has 10 N–H and O–H groups in total. The molecule has 0 spiro atoms. The van der Waals surface area contributed by atoms with Crippen molar-refractivity contribution in [2.45, 2.75) is 56.9 Å². The van der Waals surface area contributed by atoms with Gasteiger partial charge in [0.1, 0.15) is 25.0 Å². The zero-order valence-corrected chi connectivity index (χ0v) is 31.5. The zero-order chi connectivity index (χ0) is 39.3. The Morgan fingerprint density at radius 1 is 0.722 bits per heavy atom. The molecule has 14 heteroatoms. The van der Waals surface area contributed by atoms with E-state index in [1.54, 1.807) is 18.8 Å². The molecule has 54 heavy (non-hydrogen) atoms. The number of aromatic hydroxyl groups is 1. The molecule has 0 aliphatic rings. The Labute approximate surface area is 315 Å². The van der Waals surface area contributed by atoms with Gasteiger partial charge in [-0.3, -0.25) is 24.2 Å². The number of nitrogens with zero attached hydrogens (tertiary/aromatic N) is 1. The van der Waals surface area contributed by atoms with Gasteiger partial charge < -0.3 is 42.8 Å². The molecule has 0 heterocycles. The van der Waals surface area contributed by atoms with Crippen LogP contribution in [0.4, 0.5) is 0 Å². The van der Waals surface area contributed by atoms with Crippen LogP contribution in [0.3, 0.4) is 0 Å². The largest absolute Gasteiger partial charge is 0.508 e. The maximum Gasteiger partial charge on any atom is 0.243 e. The summed E-state index contributed by atoms with van der Waals surface area (Å²) in [6, 6.07) is 27.0. The molecule has 13 nitrogen and oxygen atoms in total. The number of aliphatic imine (C=N–C) groups is 1. The maximum absolute atomic E-state index is 14.9. The fourth-order valence-electron chi connectivity index (χ4n) is 6.33. The highest BCUT2D eigenvalue weighted by atomic mass is 31.2. The fraction of sp³-hybridized carbons (Fsp3) is 0.325. The van der Waals surface area contributed by atoms with Crippen molar-refractivity contribution in [3.05, 3.63) is 114 Å². The summed E-state index contributed by atoms with van der Waals surface area (Å²) < 4.78 is 14.9. The molecule has 286 valence electrons. The van der Waals surface area contributed by atoms with Gasteiger partial charge in [0.25, 0.3) is 0 Å². The zero-order valence-electron chi connectivity index (χ0n) is 30.6. The Kier molecular flexibility index (Phi) is 14.8. The van der Waals surface area contributed by atoms with Crippen LogP contribution in [0.1, 0.15) is 36.5 Å². The lowest BCUT2D eigenvalue weighted by Crippen LogP contribution is -2.51. The minimum atomic E-state index is -3.46. The molecule has 4 amide bonds. The van der Waals surface area contributed by atoms with Crippen LogP contribution in [0.15, 0.2) is 102 Å². The normalized spacial score (nSPS) is 14.4. The Morgan fingerprint density at radius 2 is 1.33 bits per heavy atom. The number of carbonyl (C=O) groups is 4. The Bertz CT molecular complexity index is 1990. The Hall–Kier alpha value is -5.68. The molecule has 4 aromatic rings. The first kappa shape index (κ1) is 41.1. The number of fused-ring (bicyclic) bond motifs is 1. The standard InChI is InChI=1S/C40H50N7O6P/c1-26(48)45-35(22-28-15-18-33(49)19-16-28)39(52)47-36(24-27-9-4-3-5-10-27)54(2,53)25-32(13-8-20-44-40(42)43)38(51)46-34(37(41)50)23-29-14-17-30-11-6-7-12-31(30)21-29/h3-7,9-12,14-19,21,32,34-36,49H,8,13,20,22-25H2,1-2H3,(H2,41,50)(H,45,48)(H,46,51)(H,47,52)(H4,42,43,44)/t32-,34+,35+,36+,54?/m1/s1. The molecule has 0 aliphatic carbocycles. The van der Waals surface area contributed by atoms with Crippen LogP contribution in [-0.2, 0) is 43.0 Å². The fourth-order valence-corrected chi connectivity index (χ4v) is 8.81. The second-order valence-electron chi connectivity index (χ2n) is 13.7. The lowest BCUT2D eigenvalue weighted by Gasteiger charge is -2.31. The highest BCUT2D eigenvalue weighted by molar-refractivity contribution is 7.63. The number of nitrogens with two attached hydrogens (primary N) is 3. The van der Waals surface area contributed by atoms with Gasteiger partial charge >= 0.3 is 0 Å². The molecule has 0 saturated carbocycles. The lowest BCUT2D eigenvalue weighted by molar-refractivity contribution is -0.129. The molecule has 0 fully saturated rings. The number of amides is 4. The molecule has 5 atom stereocenters. The minimum absolute atomic E-state index is 0.0573. The molecule has 4 rings (SSSR count). The number of nitrogens with one attached hydrogen (secondary N) is 3. The summed E-state index contributed by atoms with van der Waals surface area (Å²) in [7, 11) is -3.46. The Morgan fingerprint density at radius 3 is 1.98 bits per heavy atom. The summed E-state index contributed by atoms with van der Waals surface area (Å²) >= 11 is 0. The van der Waals surface area contributed by atoms with Crippen LogP contribution in [0.2, 0.25) is 0 Å². The van der Waals surface area contributed by atoms with Gasteiger partial charge in [-0.25, -0.2) is 0 Å². The first-order chi connectivity index (χ1) is 25.7. The number of guanidine groups is 1. The van der Waals surface area contributed by atoms with E-state index in [4.69, 9.17) is 17.2 Å². The third-order valence-corrected chi connectivity index (χ3v) is 12.0. The minimum Gasteiger partial charge on any atom is -0.508 e. The average molecular weight is 756 g/mol. The van der Waals surface area contributed by atoms with Crippen LogP contribution < -0.4 is 33.2 Å². The molecule has 0 aromatic heterocycles. The van der Waals surface area contributed by atoms with E-state index in [0.717, 1.165) is 21.9 Å². The number of hydrogen-bond acceptors (Lipinski definition) is 7. The third kappa shape index (κ3) is 12.8. The number of primary amides is 1. The second kappa shape index (κ2) is 19.4. The predicted octanol–water partition coefficient (Wildman–Crippen LogP) is 3.15. The van der Waals surface area contributed by atoms with Gasteiger partial charge in [-0.1, -0.05) is 84.9 Å². The predicted molar refractivity (Wildman–Crippen MR) is 212 cm³/mol. The topological polar surface area (TPSA) is 232 Å². The van der Waals surface area contributed by atoms with Crippen molar-refractivity contribution < 1.29 is 28.8 Å². The summed E-state index contributed by atoms with van der Waals surface area (Å²) in [5.41, 5.74) is 19.1. The highest BCUT2D eigenvalue weighted by Gasteiger charge is 2.37. The van der Waals surface area contributed by atoms with E-state index in [9.17, 15) is 28.8 Å². The van der Waals surface area contributed by atoms with E-state index in [-0.39, 0.29) is 50.1 Å².